The molecule has 1 heterocycles. The fraction of sp³-hybridized carbons (Fsp3) is 0.500. The van der Waals surface area contributed by atoms with Gasteiger partial charge in [0.05, 0.1) is 13.2 Å². The summed E-state index contributed by atoms with van der Waals surface area (Å²) in [7, 11) is 0. The molecule has 1 aliphatic rings. The zero-order valence-corrected chi connectivity index (χ0v) is 11.4. The first-order valence-electron chi connectivity index (χ1n) is 6.65. The number of benzene rings is 1. The van der Waals surface area contributed by atoms with Crippen LogP contribution < -0.4 is 9.47 Å². The Morgan fingerprint density at radius 1 is 1.33 bits per heavy atom. The number of carbonyl (C=O) groups excluding carboxylic acids is 1. The lowest BCUT2D eigenvalue weighted by Gasteiger charge is -2.21. The molecule has 5 nitrogen and oxygen atoms in total. The largest absolute Gasteiger partial charge is 0.454 e. The molecule has 7 heteroatoms. The molecule has 0 saturated carbocycles. The van der Waals surface area contributed by atoms with Crippen molar-refractivity contribution in [2.45, 2.75) is 19.3 Å². The second-order valence-electron chi connectivity index (χ2n) is 4.64. The number of aryl methyl sites for hydroxylation is 1. The van der Waals surface area contributed by atoms with Crippen molar-refractivity contribution in [3.8, 4) is 11.5 Å². The maximum Gasteiger partial charge on any atom is 0.255 e. The SMILES string of the molecule is O=C(CCc1ccc2c(c1)OCO2)N(CCO)CC(F)F. The Labute approximate surface area is 121 Å². The van der Waals surface area contributed by atoms with Crippen molar-refractivity contribution in [3.05, 3.63) is 23.8 Å². The van der Waals surface area contributed by atoms with Crippen LogP contribution in [0.1, 0.15) is 12.0 Å². The minimum atomic E-state index is -2.61. The number of hydrogen-bond acceptors (Lipinski definition) is 4. The first-order chi connectivity index (χ1) is 10.1. The van der Waals surface area contributed by atoms with Crippen LogP contribution in [0.5, 0.6) is 11.5 Å². The van der Waals surface area contributed by atoms with E-state index in [0.717, 1.165) is 10.5 Å². The van der Waals surface area contributed by atoms with Crippen LogP contribution in [-0.2, 0) is 11.2 Å². The van der Waals surface area contributed by atoms with E-state index in [2.05, 4.69) is 0 Å². The van der Waals surface area contributed by atoms with E-state index < -0.39 is 18.9 Å². The quantitative estimate of drug-likeness (QED) is 0.828. The van der Waals surface area contributed by atoms with Gasteiger partial charge in [0.15, 0.2) is 11.5 Å². The van der Waals surface area contributed by atoms with E-state index >= 15 is 0 Å². The molecule has 0 fully saturated rings. The Morgan fingerprint density at radius 2 is 2.10 bits per heavy atom. The number of rotatable bonds is 7. The van der Waals surface area contributed by atoms with Gasteiger partial charge >= 0.3 is 0 Å². The molecule has 2 rings (SSSR count). The highest BCUT2D eigenvalue weighted by Crippen LogP contribution is 2.32. The summed E-state index contributed by atoms with van der Waals surface area (Å²) in [4.78, 5) is 12.9. The van der Waals surface area contributed by atoms with Crippen molar-refractivity contribution in [2.24, 2.45) is 0 Å². The fourth-order valence-corrected chi connectivity index (χ4v) is 2.11. The summed E-state index contributed by atoms with van der Waals surface area (Å²) >= 11 is 0. The highest BCUT2D eigenvalue weighted by molar-refractivity contribution is 5.76. The Kier molecular flexibility index (Phi) is 5.32. The van der Waals surface area contributed by atoms with E-state index in [-0.39, 0.29) is 26.4 Å². The molecule has 1 amide bonds. The zero-order valence-electron chi connectivity index (χ0n) is 11.4. The standard InChI is InChI=1S/C14H17F2NO4/c15-13(16)8-17(5-6-18)14(19)4-2-10-1-3-11-12(7-10)21-9-20-11/h1,3,7,13,18H,2,4-6,8-9H2. The van der Waals surface area contributed by atoms with Crippen LogP contribution in [0, 0.1) is 0 Å². The molecule has 0 radical (unpaired) electrons. The normalized spacial score (nSPS) is 12.8. The first-order valence-corrected chi connectivity index (χ1v) is 6.65. The summed E-state index contributed by atoms with van der Waals surface area (Å²) in [5.74, 6) is 0.881. The van der Waals surface area contributed by atoms with E-state index in [1.165, 1.54) is 0 Å². The van der Waals surface area contributed by atoms with Crippen LogP contribution >= 0.6 is 0 Å². The second-order valence-corrected chi connectivity index (χ2v) is 4.64. The topological polar surface area (TPSA) is 59.0 Å². The van der Waals surface area contributed by atoms with E-state index in [1.54, 1.807) is 12.1 Å². The molecular weight excluding hydrogens is 284 g/mol. The molecule has 1 N–H and O–H groups in total. The third-order valence-electron chi connectivity index (χ3n) is 3.15. The molecule has 0 unspecified atom stereocenters. The van der Waals surface area contributed by atoms with Crippen molar-refractivity contribution in [1.29, 1.82) is 0 Å². The monoisotopic (exact) mass is 301 g/mol. The van der Waals surface area contributed by atoms with Gasteiger partial charge in [-0.3, -0.25) is 4.79 Å². The van der Waals surface area contributed by atoms with Crippen molar-refractivity contribution < 1.29 is 28.2 Å². The molecule has 21 heavy (non-hydrogen) atoms. The maximum absolute atomic E-state index is 12.4. The summed E-state index contributed by atoms with van der Waals surface area (Å²) in [6, 6.07) is 5.34. The minimum absolute atomic E-state index is 0.0791. The number of alkyl halides is 2. The van der Waals surface area contributed by atoms with Crippen LogP contribution in [0.2, 0.25) is 0 Å². The summed E-state index contributed by atoms with van der Waals surface area (Å²) in [6.45, 7) is -0.885. The number of ether oxygens (including phenoxy) is 2. The summed E-state index contributed by atoms with van der Waals surface area (Å²) in [5.41, 5.74) is 0.869. The van der Waals surface area contributed by atoms with Gasteiger partial charge in [0.25, 0.3) is 6.43 Å². The number of amides is 1. The van der Waals surface area contributed by atoms with Gasteiger partial charge in [-0.2, -0.15) is 0 Å². The van der Waals surface area contributed by atoms with Crippen LogP contribution in [0.15, 0.2) is 18.2 Å². The van der Waals surface area contributed by atoms with Gasteiger partial charge in [0.1, 0.15) is 0 Å². The number of nitrogens with zero attached hydrogens (tertiary/aromatic N) is 1. The third-order valence-corrected chi connectivity index (χ3v) is 3.15. The van der Waals surface area contributed by atoms with Gasteiger partial charge in [0, 0.05) is 13.0 Å². The van der Waals surface area contributed by atoms with Crippen LogP contribution in [-0.4, -0.2) is 48.8 Å². The summed E-state index contributed by atoms with van der Waals surface area (Å²) < 4.78 is 35.2. The Balaban J connectivity index is 1.90. The van der Waals surface area contributed by atoms with Gasteiger partial charge in [-0.05, 0) is 24.1 Å². The molecule has 0 spiro atoms. The van der Waals surface area contributed by atoms with Crippen LogP contribution in [0.25, 0.3) is 0 Å². The lowest BCUT2D eigenvalue weighted by atomic mass is 10.1. The molecule has 0 saturated heterocycles. The summed E-state index contributed by atoms with van der Waals surface area (Å²) in [5, 5.41) is 8.82. The van der Waals surface area contributed by atoms with E-state index in [1.807, 2.05) is 6.07 Å². The lowest BCUT2D eigenvalue weighted by Crippen LogP contribution is -2.37. The number of aliphatic hydroxyl groups is 1. The second kappa shape index (κ2) is 7.21. The van der Waals surface area contributed by atoms with Crippen LogP contribution in [0.3, 0.4) is 0 Å². The lowest BCUT2D eigenvalue weighted by molar-refractivity contribution is -0.133. The van der Waals surface area contributed by atoms with Crippen LogP contribution in [0.4, 0.5) is 8.78 Å². The minimum Gasteiger partial charge on any atom is -0.454 e. The smallest absolute Gasteiger partial charge is 0.255 e. The highest BCUT2D eigenvalue weighted by atomic mass is 19.3. The number of aliphatic hydroxyl groups excluding tert-OH is 1. The van der Waals surface area contributed by atoms with Gasteiger partial charge in [-0.15, -0.1) is 0 Å². The molecule has 1 aromatic carbocycles. The third kappa shape index (κ3) is 4.29. The van der Waals surface area contributed by atoms with Gasteiger partial charge < -0.3 is 19.5 Å². The Bertz CT molecular complexity index is 496. The van der Waals surface area contributed by atoms with E-state index in [9.17, 15) is 13.6 Å². The average molecular weight is 301 g/mol. The molecule has 0 aromatic heterocycles. The molecule has 1 aromatic rings. The summed E-state index contributed by atoms with van der Waals surface area (Å²) in [6.07, 6.45) is -2.08. The highest BCUT2D eigenvalue weighted by Gasteiger charge is 2.18. The van der Waals surface area contributed by atoms with Crippen molar-refractivity contribution in [2.75, 3.05) is 26.5 Å². The zero-order chi connectivity index (χ0) is 15.2. The fourth-order valence-electron chi connectivity index (χ4n) is 2.11. The van der Waals surface area contributed by atoms with E-state index in [4.69, 9.17) is 14.6 Å². The number of hydrogen-bond donors (Lipinski definition) is 1. The number of halogens is 2. The van der Waals surface area contributed by atoms with Gasteiger partial charge in [-0.1, -0.05) is 6.07 Å². The first kappa shape index (κ1) is 15.5. The number of fused-ring (bicyclic) bond motifs is 1. The predicted octanol–water partition coefficient (Wildman–Crippen LogP) is 1.43. The number of carbonyl (C=O) groups is 1. The molecule has 1 aliphatic heterocycles. The molecule has 116 valence electrons. The Hall–Kier alpha value is -1.89. The van der Waals surface area contributed by atoms with Crippen molar-refractivity contribution >= 4 is 5.91 Å². The molecular formula is C14H17F2NO4. The van der Waals surface area contributed by atoms with Gasteiger partial charge in [-0.25, -0.2) is 8.78 Å². The van der Waals surface area contributed by atoms with Crippen molar-refractivity contribution in [3.63, 3.8) is 0 Å². The molecule has 0 atom stereocenters. The Morgan fingerprint density at radius 3 is 2.81 bits per heavy atom. The molecule has 0 bridgehead atoms. The molecule has 0 aliphatic carbocycles. The van der Waals surface area contributed by atoms with Crippen molar-refractivity contribution in [1.82, 2.24) is 4.90 Å². The van der Waals surface area contributed by atoms with E-state index in [0.29, 0.717) is 17.9 Å². The maximum atomic E-state index is 12.4. The average Bonchev–Trinajstić information content (AvgIpc) is 2.91. The predicted molar refractivity (Wildman–Crippen MR) is 70.6 cm³/mol. The van der Waals surface area contributed by atoms with Gasteiger partial charge in [0.2, 0.25) is 12.7 Å².